The Bertz CT molecular complexity index is 781. The van der Waals surface area contributed by atoms with Crippen LogP contribution in [0.4, 0.5) is 18.9 Å². The standard InChI is InChI=1S/C21H23F3N2.ClH/c22-21(23,24)16-7-5-14(6-8-16)20-12-18(26-17-3-1-2-4-17)11-15-13-25-10-9-19(15)20;/h5-8,11-12,17,25-26H,1-4,9-10,13H2;1H. The number of rotatable bonds is 3. The minimum absolute atomic E-state index is 0. The van der Waals surface area contributed by atoms with Gasteiger partial charge in [-0.2, -0.15) is 13.2 Å². The van der Waals surface area contributed by atoms with Crippen molar-refractivity contribution in [3.8, 4) is 11.1 Å². The number of alkyl halides is 3. The van der Waals surface area contributed by atoms with Crippen LogP contribution in [0.2, 0.25) is 0 Å². The summed E-state index contributed by atoms with van der Waals surface area (Å²) in [5.74, 6) is 0. The summed E-state index contributed by atoms with van der Waals surface area (Å²) < 4.78 is 38.6. The van der Waals surface area contributed by atoms with Crippen LogP contribution in [0.25, 0.3) is 11.1 Å². The lowest BCUT2D eigenvalue weighted by Crippen LogP contribution is -2.25. The van der Waals surface area contributed by atoms with Crippen molar-refractivity contribution in [1.82, 2.24) is 5.32 Å². The number of hydrogen-bond donors (Lipinski definition) is 2. The minimum atomic E-state index is -4.30. The van der Waals surface area contributed by atoms with Gasteiger partial charge in [0.25, 0.3) is 0 Å². The Hall–Kier alpha value is -1.72. The van der Waals surface area contributed by atoms with Crippen molar-refractivity contribution in [3.05, 3.63) is 53.1 Å². The van der Waals surface area contributed by atoms with Crippen LogP contribution in [-0.2, 0) is 19.1 Å². The summed E-state index contributed by atoms with van der Waals surface area (Å²) in [7, 11) is 0. The fourth-order valence-corrected chi connectivity index (χ4v) is 4.11. The van der Waals surface area contributed by atoms with E-state index in [-0.39, 0.29) is 12.4 Å². The molecule has 146 valence electrons. The van der Waals surface area contributed by atoms with Gasteiger partial charge in [-0.25, -0.2) is 0 Å². The Morgan fingerprint density at radius 3 is 2.37 bits per heavy atom. The van der Waals surface area contributed by atoms with Crippen LogP contribution < -0.4 is 10.6 Å². The molecule has 27 heavy (non-hydrogen) atoms. The van der Waals surface area contributed by atoms with Gasteiger partial charge in [0.2, 0.25) is 0 Å². The van der Waals surface area contributed by atoms with E-state index in [2.05, 4.69) is 22.8 Å². The summed E-state index contributed by atoms with van der Waals surface area (Å²) in [5, 5.41) is 7.02. The predicted octanol–water partition coefficient (Wildman–Crippen LogP) is 5.79. The highest BCUT2D eigenvalue weighted by Gasteiger charge is 2.30. The van der Waals surface area contributed by atoms with Crippen molar-refractivity contribution in [3.63, 3.8) is 0 Å². The minimum Gasteiger partial charge on any atom is -0.382 e. The average Bonchev–Trinajstić information content (AvgIpc) is 3.13. The van der Waals surface area contributed by atoms with E-state index < -0.39 is 11.7 Å². The van der Waals surface area contributed by atoms with E-state index in [1.165, 1.54) is 48.9 Å². The normalized spacial score (nSPS) is 17.3. The molecular formula is C21H24ClF3N2. The van der Waals surface area contributed by atoms with Gasteiger partial charge < -0.3 is 10.6 Å². The molecule has 2 aliphatic rings. The second kappa shape index (κ2) is 8.11. The van der Waals surface area contributed by atoms with Crippen molar-refractivity contribution < 1.29 is 13.2 Å². The first-order valence-corrected chi connectivity index (χ1v) is 9.31. The highest BCUT2D eigenvalue weighted by atomic mass is 35.5. The number of benzene rings is 2. The maximum absolute atomic E-state index is 12.9. The molecule has 2 N–H and O–H groups in total. The van der Waals surface area contributed by atoms with Crippen LogP contribution in [0, 0.1) is 0 Å². The van der Waals surface area contributed by atoms with Gasteiger partial charge in [0.15, 0.2) is 0 Å². The molecule has 2 nitrogen and oxygen atoms in total. The fourth-order valence-electron chi connectivity index (χ4n) is 4.11. The maximum Gasteiger partial charge on any atom is 0.416 e. The molecule has 0 atom stereocenters. The summed E-state index contributed by atoms with van der Waals surface area (Å²) >= 11 is 0. The molecule has 1 fully saturated rings. The van der Waals surface area contributed by atoms with E-state index >= 15 is 0 Å². The molecule has 1 aliphatic heterocycles. The first kappa shape index (κ1) is 20.0. The van der Waals surface area contributed by atoms with Crippen LogP contribution in [0.1, 0.15) is 42.4 Å². The van der Waals surface area contributed by atoms with Crippen LogP contribution in [0.3, 0.4) is 0 Å². The van der Waals surface area contributed by atoms with Crippen LogP contribution in [-0.4, -0.2) is 12.6 Å². The lowest BCUT2D eigenvalue weighted by molar-refractivity contribution is -0.137. The van der Waals surface area contributed by atoms with Crippen molar-refractivity contribution in [2.75, 3.05) is 11.9 Å². The zero-order valence-electron chi connectivity index (χ0n) is 15.0. The van der Waals surface area contributed by atoms with Gasteiger partial charge in [-0.1, -0.05) is 25.0 Å². The zero-order valence-corrected chi connectivity index (χ0v) is 15.8. The van der Waals surface area contributed by atoms with E-state index in [1.54, 1.807) is 12.1 Å². The van der Waals surface area contributed by atoms with Gasteiger partial charge >= 0.3 is 6.18 Å². The molecule has 0 spiro atoms. The SMILES string of the molecule is Cl.FC(F)(F)c1ccc(-c2cc(NC3CCCC3)cc3c2CCNC3)cc1. The third-order valence-electron chi connectivity index (χ3n) is 5.46. The number of fused-ring (bicyclic) bond motifs is 1. The fraction of sp³-hybridized carbons (Fsp3) is 0.429. The zero-order chi connectivity index (χ0) is 18.1. The number of hydrogen-bond acceptors (Lipinski definition) is 2. The predicted molar refractivity (Wildman–Crippen MR) is 105 cm³/mol. The molecular weight excluding hydrogens is 373 g/mol. The van der Waals surface area contributed by atoms with Crippen LogP contribution in [0.15, 0.2) is 36.4 Å². The van der Waals surface area contributed by atoms with Crippen LogP contribution >= 0.6 is 12.4 Å². The molecule has 0 radical (unpaired) electrons. The average molecular weight is 397 g/mol. The molecule has 1 aliphatic carbocycles. The smallest absolute Gasteiger partial charge is 0.382 e. The van der Waals surface area contributed by atoms with Crippen molar-refractivity contribution in [2.24, 2.45) is 0 Å². The van der Waals surface area contributed by atoms with Crippen LogP contribution in [0.5, 0.6) is 0 Å². The Morgan fingerprint density at radius 2 is 1.70 bits per heavy atom. The summed E-state index contributed by atoms with van der Waals surface area (Å²) in [6.07, 6.45) is 1.49. The quantitative estimate of drug-likeness (QED) is 0.685. The van der Waals surface area contributed by atoms with E-state index in [0.717, 1.165) is 36.3 Å². The monoisotopic (exact) mass is 396 g/mol. The summed E-state index contributed by atoms with van der Waals surface area (Å²) in [6.45, 7) is 1.71. The van der Waals surface area contributed by atoms with Crippen molar-refractivity contribution in [1.29, 1.82) is 0 Å². The molecule has 2 aromatic rings. The van der Waals surface area contributed by atoms with E-state index in [4.69, 9.17) is 0 Å². The van der Waals surface area contributed by atoms with Crippen molar-refractivity contribution >= 4 is 18.1 Å². The topological polar surface area (TPSA) is 24.1 Å². The summed E-state index contributed by atoms with van der Waals surface area (Å²) in [6, 6.07) is 10.4. The summed E-state index contributed by atoms with van der Waals surface area (Å²) in [5.41, 5.74) is 4.88. The molecule has 4 rings (SSSR count). The van der Waals surface area contributed by atoms with Gasteiger partial charge in [0.1, 0.15) is 0 Å². The van der Waals surface area contributed by atoms with Gasteiger partial charge in [-0.3, -0.25) is 0 Å². The largest absolute Gasteiger partial charge is 0.416 e. The van der Waals surface area contributed by atoms with Gasteiger partial charge in [-0.15, -0.1) is 12.4 Å². The second-order valence-electron chi connectivity index (χ2n) is 7.29. The number of halogens is 4. The van der Waals surface area contributed by atoms with E-state index in [0.29, 0.717) is 6.04 Å². The Labute approximate surface area is 164 Å². The summed E-state index contributed by atoms with van der Waals surface area (Å²) in [4.78, 5) is 0. The molecule has 0 unspecified atom stereocenters. The molecule has 6 heteroatoms. The lowest BCUT2D eigenvalue weighted by atomic mass is 9.90. The Balaban J connectivity index is 0.00000210. The molecule has 0 saturated heterocycles. The third kappa shape index (κ3) is 4.41. The second-order valence-corrected chi connectivity index (χ2v) is 7.29. The highest BCUT2D eigenvalue weighted by Crippen LogP contribution is 2.35. The van der Waals surface area contributed by atoms with Gasteiger partial charge in [-0.05, 0) is 72.3 Å². The molecule has 0 amide bonds. The molecule has 1 heterocycles. The Kier molecular flexibility index (Phi) is 6.02. The first-order valence-electron chi connectivity index (χ1n) is 9.31. The molecule has 0 aromatic heterocycles. The lowest BCUT2D eigenvalue weighted by Gasteiger charge is -2.24. The third-order valence-corrected chi connectivity index (χ3v) is 5.46. The van der Waals surface area contributed by atoms with Gasteiger partial charge in [0, 0.05) is 18.3 Å². The highest BCUT2D eigenvalue weighted by molar-refractivity contribution is 5.85. The number of anilines is 1. The van der Waals surface area contributed by atoms with Gasteiger partial charge in [0.05, 0.1) is 5.56 Å². The Morgan fingerprint density at radius 1 is 1.00 bits per heavy atom. The molecule has 0 bridgehead atoms. The van der Waals surface area contributed by atoms with Crippen molar-refractivity contribution in [2.45, 2.75) is 50.9 Å². The van der Waals surface area contributed by atoms with E-state index in [9.17, 15) is 13.2 Å². The van der Waals surface area contributed by atoms with E-state index in [1.807, 2.05) is 0 Å². The molecule has 2 aromatic carbocycles. The first-order chi connectivity index (χ1) is 12.5. The number of nitrogens with one attached hydrogen (secondary N) is 2. The maximum atomic E-state index is 12.9. The molecule has 1 saturated carbocycles.